The summed E-state index contributed by atoms with van der Waals surface area (Å²) in [6, 6.07) is 14.2. The zero-order valence-corrected chi connectivity index (χ0v) is 17.0. The molecule has 0 spiro atoms. The third-order valence-corrected chi connectivity index (χ3v) is 6.94. The van der Waals surface area contributed by atoms with Crippen molar-refractivity contribution in [3.8, 4) is 0 Å². The minimum absolute atomic E-state index is 0.170. The monoisotopic (exact) mass is 430 g/mol. The quantitative estimate of drug-likeness (QED) is 0.672. The van der Waals surface area contributed by atoms with Crippen molar-refractivity contribution in [3.05, 3.63) is 77.1 Å². The molecule has 1 N–H and O–H groups in total. The van der Waals surface area contributed by atoms with Gasteiger partial charge in [0.15, 0.2) is 0 Å². The van der Waals surface area contributed by atoms with E-state index in [0.29, 0.717) is 41.5 Å². The van der Waals surface area contributed by atoms with Crippen molar-refractivity contribution >= 4 is 38.9 Å². The summed E-state index contributed by atoms with van der Waals surface area (Å²) in [5.74, 6) is -0.124. The topological polar surface area (TPSA) is 84.3 Å². The third-order valence-electron chi connectivity index (χ3n) is 4.70. The van der Waals surface area contributed by atoms with E-state index in [4.69, 9.17) is 11.6 Å². The van der Waals surface area contributed by atoms with Gasteiger partial charge in [0.1, 0.15) is 0 Å². The normalized spacial score (nSPS) is 15.4. The molecule has 29 heavy (non-hydrogen) atoms. The molecule has 1 aliphatic rings. The van der Waals surface area contributed by atoms with E-state index in [9.17, 15) is 13.2 Å². The lowest BCUT2D eigenvalue weighted by molar-refractivity contribution is 0.102. The fourth-order valence-electron chi connectivity index (χ4n) is 3.21. The SMILES string of the molecule is O=C(Nc1ccc(N2CCCS2(=O)=O)cc1)c1cnn(Cc2ccccc2Cl)c1. The summed E-state index contributed by atoms with van der Waals surface area (Å²) in [7, 11) is -3.22. The number of sulfonamides is 1. The average Bonchev–Trinajstić information content (AvgIpc) is 3.30. The largest absolute Gasteiger partial charge is 0.322 e. The molecule has 0 saturated carbocycles. The minimum atomic E-state index is -3.22. The molecule has 1 aromatic heterocycles. The molecule has 1 saturated heterocycles. The van der Waals surface area contributed by atoms with Crippen molar-refractivity contribution in [2.24, 2.45) is 0 Å². The molecule has 1 fully saturated rings. The molecule has 0 radical (unpaired) electrons. The molecule has 2 heterocycles. The molecular formula is C20H19ClN4O3S. The molecular weight excluding hydrogens is 412 g/mol. The molecule has 0 aliphatic carbocycles. The number of benzene rings is 2. The molecule has 1 amide bonds. The van der Waals surface area contributed by atoms with Gasteiger partial charge in [-0.1, -0.05) is 29.8 Å². The van der Waals surface area contributed by atoms with Crippen LogP contribution in [0.3, 0.4) is 0 Å². The maximum Gasteiger partial charge on any atom is 0.258 e. The number of amides is 1. The molecule has 2 aromatic carbocycles. The number of nitrogens with zero attached hydrogens (tertiary/aromatic N) is 3. The number of carbonyl (C=O) groups excluding carboxylic acids is 1. The third kappa shape index (κ3) is 4.28. The van der Waals surface area contributed by atoms with Crippen LogP contribution in [-0.4, -0.2) is 36.4 Å². The van der Waals surface area contributed by atoms with Gasteiger partial charge in [0.25, 0.3) is 5.91 Å². The molecule has 0 unspecified atom stereocenters. The number of halogens is 1. The summed E-state index contributed by atoms with van der Waals surface area (Å²) in [4.78, 5) is 12.5. The first kappa shape index (κ1) is 19.5. The standard InChI is InChI=1S/C20H19ClN4O3S/c21-19-5-2-1-4-15(19)13-24-14-16(12-22-24)20(26)23-17-6-8-18(9-7-17)25-10-3-11-29(25,27)28/h1-2,4-9,12,14H,3,10-11,13H2,(H,23,26). The number of aromatic nitrogens is 2. The molecule has 0 atom stereocenters. The van der Waals surface area contributed by atoms with Gasteiger partial charge in [-0.15, -0.1) is 0 Å². The van der Waals surface area contributed by atoms with Gasteiger partial charge in [0.2, 0.25) is 10.0 Å². The zero-order valence-electron chi connectivity index (χ0n) is 15.5. The molecule has 7 nitrogen and oxygen atoms in total. The summed E-state index contributed by atoms with van der Waals surface area (Å²) in [6.45, 7) is 0.949. The van der Waals surface area contributed by atoms with Gasteiger partial charge in [0.05, 0.1) is 29.7 Å². The molecule has 9 heteroatoms. The fraction of sp³-hybridized carbons (Fsp3) is 0.200. The maximum absolute atomic E-state index is 12.5. The lowest BCUT2D eigenvalue weighted by atomic mass is 10.2. The number of rotatable bonds is 5. The molecule has 3 aromatic rings. The number of nitrogens with one attached hydrogen (secondary N) is 1. The smallest absolute Gasteiger partial charge is 0.258 e. The second-order valence-corrected chi connectivity index (χ2v) is 9.18. The van der Waals surface area contributed by atoms with Crippen LogP contribution in [0.15, 0.2) is 60.9 Å². The summed E-state index contributed by atoms with van der Waals surface area (Å²) >= 11 is 6.17. The fourth-order valence-corrected chi connectivity index (χ4v) is 4.97. The first-order chi connectivity index (χ1) is 13.9. The second kappa shape index (κ2) is 7.88. The van der Waals surface area contributed by atoms with Crippen molar-refractivity contribution < 1.29 is 13.2 Å². The van der Waals surface area contributed by atoms with Gasteiger partial charge in [-0.25, -0.2) is 8.42 Å². The van der Waals surface area contributed by atoms with Crippen LogP contribution < -0.4 is 9.62 Å². The van der Waals surface area contributed by atoms with Gasteiger partial charge in [-0.3, -0.25) is 13.8 Å². The highest BCUT2D eigenvalue weighted by Crippen LogP contribution is 2.25. The van der Waals surface area contributed by atoms with Crippen molar-refractivity contribution in [1.29, 1.82) is 0 Å². The highest BCUT2D eigenvalue weighted by molar-refractivity contribution is 7.93. The van der Waals surface area contributed by atoms with Gasteiger partial charge < -0.3 is 5.32 Å². The first-order valence-corrected chi connectivity index (χ1v) is 11.1. The molecule has 4 rings (SSSR count). The summed E-state index contributed by atoms with van der Waals surface area (Å²) < 4.78 is 27.1. The van der Waals surface area contributed by atoms with Gasteiger partial charge in [-0.05, 0) is 42.3 Å². The summed E-state index contributed by atoms with van der Waals surface area (Å²) in [6.07, 6.45) is 3.78. The average molecular weight is 431 g/mol. The predicted molar refractivity (Wildman–Crippen MR) is 113 cm³/mol. The Hall–Kier alpha value is -2.84. The number of anilines is 2. The van der Waals surface area contributed by atoms with Gasteiger partial charge in [-0.2, -0.15) is 5.10 Å². The Kier molecular flexibility index (Phi) is 5.29. The van der Waals surface area contributed by atoms with E-state index >= 15 is 0 Å². The van der Waals surface area contributed by atoms with Crippen LogP contribution in [-0.2, 0) is 16.6 Å². The van der Waals surface area contributed by atoms with E-state index in [0.717, 1.165) is 5.56 Å². The Bertz CT molecular complexity index is 1140. The zero-order chi connectivity index (χ0) is 20.4. The van der Waals surface area contributed by atoms with E-state index in [-0.39, 0.29) is 11.7 Å². The van der Waals surface area contributed by atoms with E-state index < -0.39 is 10.0 Å². The highest BCUT2D eigenvalue weighted by atomic mass is 35.5. The Morgan fingerprint density at radius 2 is 1.90 bits per heavy atom. The first-order valence-electron chi connectivity index (χ1n) is 9.10. The van der Waals surface area contributed by atoms with Crippen LogP contribution in [0.25, 0.3) is 0 Å². The van der Waals surface area contributed by atoms with Crippen molar-refractivity contribution in [1.82, 2.24) is 9.78 Å². The highest BCUT2D eigenvalue weighted by Gasteiger charge is 2.28. The van der Waals surface area contributed by atoms with E-state index in [1.54, 1.807) is 35.1 Å². The molecule has 150 valence electrons. The van der Waals surface area contributed by atoms with Crippen LogP contribution in [0.2, 0.25) is 5.02 Å². The van der Waals surface area contributed by atoms with Crippen molar-refractivity contribution in [2.45, 2.75) is 13.0 Å². The lowest BCUT2D eigenvalue weighted by Crippen LogP contribution is -2.24. The maximum atomic E-state index is 12.5. The second-order valence-electron chi connectivity index (χ2n) is 6.76. The number of hydrogen-bond acceptors (Lipinski definition) is 4. The van der Waals surface area contributed by atoms with Crippen LogP contribution in [0.4, 0.5) is 11.4 Å². The van der Waals surface area contributed by atoms with Crippen LogP contribution in [0.1, 0.15) is 22.3 Å². The lowest BCUT2D eigenvalue weighted by Gasteiger charge is -2.17. The Morgan fingerprint density at radius 1 is 1.14 bits per heavy atom. The molecule has 0 bridgehead atoms. The summed E-state index contributed by atoms with van der Waals surface area (Å²) in [5, 5.41) is 7.67. The van der Waals surface area contributed by atoms with Crippen LogP contribution >= 0.6 is 11.6 Å². The van der Waals surface area contributed by atoms with Crippen LogP contribution in [0, 0.1) is 0 Å². The van der Waals surface area contributed by atoms with Crippen molar-refractivity contribution in [3.63, 3.8) is 0 Å². The van der Waals surface area contributed by atoms with Gasteiger partial charge in [0, 0.05) is 23.5 Å². The predicted octanol–water partition coefficient (Wildman–Crippen LogP) is 3.38. The van der Waals surface area contributed by atoms with E-state index in [1.165, 1.54) is 10.5 Å². The van der Waals surface area contributed by atoms with E-state index in [2.05, 4.69) is 10.4 Å². The van der Waals surface area contributed by atoms with E-state index in [1.807, 2.05) is 24.3 Å². The molecule has 1 aliphatic heterocycles. The Balaban J connectivity index is 1.42. The Labute approximate surface area is 174 Å². The van der Waals surface area contributed by atoms with Crippen molar-refractivity contribution in [2.75, 3.05) is 21.9 Å². The summed E-state index contributed by atoms with van der Waals surface area (Å²) in [5.41, 5.74) is 2.52. The minimum Gasteiger partial charge on any atom is -0.322 e. The van der Waals surface area contributed by atoms with Gasteiger partial charge >= 0.3 is 0 Å². The Morgan fingerprint density at radius 3 is 2.59 bits per heavy atom. The van der Waals surface area contributed by atoms with Crippen LogP contribution in [0.5, 0.6) is 0 Å². The number of hydrogen-bond donors (Lipinski definition) is 1. The number of carbonyl (C=O) groups is 1.